The molecule has 3 heteroatoms. The third kappa shape index (κ3) is 1.67. The maximum atomic E-state index is 12.5. The van der Waals surface area contributed by atoms with E-state index in [1.165, 1.54) is 6.08 Å². The topological polar surface area (TPSA) is 0 Å². The molecule has 0 N–H and O–H groups in total. The summed E-state index contributed by atoms with van der Waals surface area (Å²) in [4.78, 5) is 0. The Labute approximate surface area is 71.9 Å². The van der Waals surface area contributed by atoms with E-state index in [-0.39, 0.29) is 15.1 Å². The molecule has 9 heavy (non-hydrogen) atoms. The van der Waals surface area contributed by atoms with Crippen molar-refractivity contribution >= 4 is 34.2 Å². The van der Waals surface area contributed by atoms with Crippen molar-refractivity contribution in [3.05, 3.63) is 24.1 Å². The number of hydrogen-bond donors (Lipinski definition) is 0. The molecule has 0 aliphatic heterocycles. The molecule has 0 saturated heterocycles. The Morgan fingerprint density at radius 2 is 2.33 bits per heavy atom. The summed E-state index contributed by atoms with van der Waals surface area (Å²) >= 11 is 7.67. The molecule has 0 bridgehead atoms. The highest BCUT2D eigenvalue weighted by Gasteiger charge is 2.19. The van der Waals surface area contributed by atoms with Crippen LogP contribution in [0.4, 0.5) is 4.39 Å². The van der Waals surface area contributed by atoms with Crippen LogP contribution in [-0.4, -0.2) is 9.30 Å². The summed E-state index contributed by atoms with van der Waals surface area (Å²) < 4.78 is 12.4. The monoisotopic (exact) mass is 258 g/mol. The standard InChI is InChI=1S/C6H5ClFI/c7-4-2-1-3-5(8)6(4)9/h1-4,6H. The molecule has 1 aliphatic carbocycles. The van der Waals surface area contributed by atoms with E-state index in [0.29, 0.717) is 0 Å². The number of alkyl halides is 2. The van der Waals surface area contributed by atoms with Gasteiger partial charge < -0.3 is 0 Å². The second kappa shape index (κ2) is 3.01. The average Bonchev–Trinajstić information content (AvgIpc) is 1.83. The van der Waals surface area contributed by atoms with Gasteiger partial charge in [0.2, 0.25) is 0 Å². The molecule has 0 nitrogen and oxygen atoms in total. The first-order chi connectivity index (χ1) is 4.22. The van der Waals surface area contributed by atoms with Crippen molar-refractivity contribution in [2.45, 2.75) is 9.30 Å². The molecule has 0 aromatic heterocycles. The molecule has 50 valence electrons. The predicted molar refractivity (Wildman–Crippen MR) is 45.8 cm³/mol. The minimum absolute atomic E-state index is 0.141. The van der Waals surface area contributed by atoms with Crippen molar-refractivity contribution in [2.24, 2.45) is 0 Å². The van der Waals surface area contributed by atoms with Crippen molar-refractivity contribution < 1.29 is 4.39 Å². The quantitative estimate of drug-likeness (QED) is 0.463. The second-order valence-electron chi connectivity index (χ2n) is 1.78. The molecular formula is C6H5ClFI. The molecule has 0 radical (unpaired) electrons. The zero-order chi connectivity index (χ0) is 6.85. The predicted octanol–water partition coefficient (Wildman–Crippen LogP) is 2.82. The highest BCUT2D eigenvalue weighted by molar-refractivity contribution is 14.1. The van der Waals surface area contributed by atoms with Gasteiger partial charge in [0.05, 0.1) is 9.30 Å². The number of hydrogen-bond acceptors (Lipinski definition) is 0. The zero-order valence-electron chi connectivity index (χ0n) is 4.52. The molecule has 0 amide bonds. The molecule has 0 fully saturated rings. The Morgan fingerprint density at radius 3 is 2.78 bits per heavy atom. The molecule has 2 atom stereocenters. The fourth-order valence-corrected chi connectivity index (χ4v) is 1.25. The first-order valence-electron chi connectivity index (χ1n) is 2.54. The molecule has 0 saturated carbocycles. The lowest BCUT2D eigenvalue weighted by Gasteiger charge is -2.13. The van der Waals surface area contributed by atoms with Crippen molar-refractivity contribution in [2.75, 3.05) is 0 Å². The van der Waals surface area contributed by atoms with Gasteiger partial charge in [0, 0.05) is 0 Å². The lowest BCUT2D eigenvalue weighted by atomic mass is 10.2. The van der Waals surface area contributed by atoms with Crippen LogP contribution in [-0.2, 0) is 0 Å². The SMILES string of the molecule is FC1=CC=CC(Cl)C1I. The van der Waals surface area contributed by atoms with Crippen LogP contribution in [0.25, 0.3) is 0 Å². The first kappa shape index (κ1) is 7.54. The minimum Gasteiger partial charge on any atom is -0.211 e. The van der Waals surface area contributed by atoms with E-state index in [2.05, 4.69) is 0 Å². The van der Waals surface area contributed by atoms with Crippen LogP contribution >= 0.6 is 34.2 Å². The van der Waals surface area contributed by atoms with Crippen molar-refractivity contribution in [1.82, 2.24) is 0 Å². The minimum atomic E-state index is -0.186. The molecule has 2 unspecified atom stereocenters. The lowest BCUT2D eigenvalue weighted by Crippen LogP contribution is -2.14. The Kier molecular flexibility index (Phi) is 2.52. The Morgan fingerprint density at radius 1 is 1.67 bits per heavy atom. The van der Waals surface area contributed by atoms with Crippen LogP contribution in [0.3, 0.4) is 0 Å². The number of halogens is 3. The molecule has 0 spiro atoms. The van der Waals surface area contributed by atoms with Crippen molar-refractivity contribution in [1.29, 1.82) is 0 Å². The van der Waals surface area contributed by atoms with Gasteiger partial charge in [-0.1, -0.05) is 34.7 Å². The van der Waals surface area contributed by atoms with Crippen LogP contribution in [0.2, 0.25) is 0 Å². The van der Waals surface area contributed by atoms with Crippen LogP contribution in [0, 0.1) is 0 Å². The van der Waals surface area contributed by atoms with E-state index >= 15 is 0 Å². The van der Waals surface area contributed by atoms with E-state index < -0.39 is 0 Å². The summed E-state index contributed by atoms with van der Waals surface area (Å²) in [5.41, 5.74) is 0. The van der Waals surface area contributed by atoms with Gasteiger partial charge in [0.25, 0.3) is 0 Å². The second-order valence-corrected chi connectivity index (χ2v) is 3.63. The van der Waals surface area contributed by atoms with E-state index in [1.807, 2.05) is 22.6 Å². The van der Waals surface area contributed by atoms with E-state index in [0.717, 1.165) is 0 Å². The van der Waals surface area contributed by atoms with Crippen LogP contribution in [0.1, 0.15) is 0 Å². The maximum Gasteiger partial charge on any atom is 0.115 e. The van der Waals surface area contributed by atoms with Crippen LogP contribution in [0.15, 0.2) is 24.1 Å². The summed E-state index contributed by atoms with van der Waals surface area (Å²) in [5.74, 6) is -0.141. The highest BCUT2D eigenvalue weighted by Crippen LogP contribution is 2.26. The maximum absolute atomic E-state index is 12.5. The van der Waals surface area contributed by atoms with Crippen LogP contribution in [0.5, 0.6) is 0 Å². The molecule has 0 aromatic carbocycles. The van der Waals surface area contributed by atoms with Crippen molar-refractivity contribution in [3.8, 4) is 0 Å². The molecule has 0 heterocycles. The fraction of sp³-hybridized carbons (Fsp3) is 0.333. The van der Waals surface area contributed by atoms with Crippen molar-refractivity contribution in [3.63, 3.8) is 0 Å². The fourth-order valence-electron chi connectivity index (χ4n) is 0.595. The van der Waals surface area contributed by atoms with Crippen LogP contribution < -0.4 is 0 Å². The lowest BCUT2D eigenvalue weighted by molar-refractivity contribution is 0.604. The third-order valence-electron chi connectivity index (χ3n) is 1.09. The third-order valence-corrected chi connectivity index (χ3v) is 3.29. The summed E-state index contributed by atoms with van der Waals surface area (Å²) in [5, 5.41) is -0.185. The van der Waals surface area contributed by atoms with Gasteiger partial charge in [-0.25, -0.2) is 4.39 Å². The summed E-state index contributed by atoms with van der Waals surface area (Å²) in [6, 6.07) is 0. The summed E-state index contributed by atoms with van der Waals surface area (Å²) in [7, 11) is 0. The van der Waals surface area contributed by atoms with Gasteiger partial charge in [-0.3, -0.25) is 0 Å². The summed E-state index contributed by atoms with van der Waals surface area (Å²) in [6.45, 7) is 0. The van der Waals surface area contributed by atoms with Gasteiger partial charge in [0.1, 0.15) is 5.83 Å². The van der Waals surface area contributed by atoms with Gasteiger partial charge in [-0.2, -0.15) is 0 Å². The Hall–Kier alpha value is 0.430. The van der Waals surface area contributed by atoms with Gasteiger partial charge in [-0.15, -0.1) is 11.6 Å². The first-order valence-corrected chi connectivity index (χ1v) is 4.22. The Balaban J connectivity index is 2.73. The molecule has 0 aromatic rings. The smallest absolute Gasteiger partial charge is 0.115 e. The normalized spacial score (nSPS) is 34.3. The van der Waals surface area contributed by atoms with Gasteiger partial charge in [-0.05, 0) is 6.08 Å². The zero-order valence-corrected chi connectivity index (χ0v) is 7.43. The largest absolute Gasteiger partial charge is 0.211 e. The number of rotatable bonds is 0. The van der Waals surface area contributed by atoms with E-state index in [1.54, 1.807) is 12.2 Å². The van der Waals surface area contributed by atoms with E-state index in [9.17, 15) is 4.39 Å². The summed E-state index contributed by atoms with van der Waals surface area (Å²) in [6.07, 6.45) is 4.86. The van der Waals surface area contributed by atoms with Gasteiger partial charge in [0.15, 0.2) is 0 Å². The highest BCUT2D eigenvalue weighted by atomic mass is 127. The average molecular weight is 258 g/mol. The van der Waals surface area contributed by atoms with Gasteiger partial charge >= 0.3 is 0 Å². The van der Waals surface area contributed by atoms with E-state index in [4.69, 9.17) is 11.6 Å². The number of allylic oxidation sites excluding steroid dienone is 4. The molecular weight excluding hydrogens is 253 g/mol. The molecule has 1 rings (SSSR count). The molecule has 1 aliphatic rings. The Bertz CT molecular complexity index is 164.